The van der Waals surface area contributed by atoms with Gasteiger partial charge in [-0.3, -0.25) is 4.79 Å². The summed E-state index contributed by atoms with van der Waals surface area (Å²) in [5.41, 5.74) is 0.604. The summed E-state index contributed by atoms with van der Waals surface area (Å²) >= 11 is 0. The van der Waals surface area contributed by atoms with Gasteiger partial charge in [-0.15, -0.1) is 0 Å². The maximum Gasteiger partial charge on any atom is 0.161 e. The van der Waals surface area contributed by atoms with E-state index in [-0.39, 0.29) is 0 Å². The van der Waals surface area contributed by atoms with E-state index in [1.807, 2.05) is 6.92 Å². The van der Waals surface area contributed by atoms with E-state index in [9.17, 15) is 4.79 Å². The zero-order valence-electron chi connectivity index (χ0n) is 11.4. The molecule has 0 spiro atoms. The van der Waals surface area contributed by atoms with Crippen molar-refractivity contribution in [3.05, 3.63) is 23.8 Å². The Bertz CT molecular complexity index is 374. The molecule has 0 bridgehead atoms. The summed E-state index contributed by atoms with van der Waals surface area (Å²) in [7, 11) is 0. The molecule has 18 heavy (non-hydrogen) atoms. The van der Waals surface area contributed by atoms with Crippen LogP contribution in [0.5, 0.6) is 11.5 Å². The molecule has 1 rings (SSSR count). The van der Waals surface area contributed by atoms with Crippen LogP contribution in [-0.2, 0) is 0 Å². The maximum absolute atomic E-state index is 10.7. The molecule has 0 saturated heterocycles. The highest BCUT2D eigenvalue weighted by atomic mass is 16.5. The average Bonchev–Trinajstić information content (AvgIpc) is 2.38. The monoisotopic (exact) mass is 250 g/mol. The van der Waals surface area contributed by atoms with E-state index >= 15 is 0 Å². The number of carbonyl (C=O) groups excluding carboxylic acids is 1. The van der Waals surface area contributed by atoms with E-state index < -0.39 is 0 Å². The Morgan fingerprint density at radius 1 is 1.22 bits per heavy atom. The summed E-state index contributed by atoms with van der Waals surface area (Å²) < 4.78 is 11.3. The number of ether oxygens (including phenoxy) is 2. The predicted molar refractivity (Wildman–Crippen MR) is 72.6 cm³/mol. The van der Waals surface area contributed by atoms with Crippen LogP contribution in [0, 0.1) is 5.92 Å². The third kappa shape index (κ3) is 4.40. The second-order valence-electron chi connectivity index (χ2n) is 4.46. The number of hydrogen-bond donors (Lipinski definition) is 0. The van der Waals surface area contributed by atoms with Crippen molar-refractivity contribution in [1.82, 2.24) is 0 Å². The lowest BCUT2D eigenvalue weighted by atomic mass is 10.1. The molecule has 0 aliphatic heterocycles. The molecule has 3 heteroatoms. The van der Waals surface area contributed by atoms with Crippen LogP contribution in [0.25, 0.3) is 0 Å². The van der Waals surface area contributed by atoms with E-state index in [1.165, 1.54) is 0 Å². The lowest BCUT2D eigenvalue weighted by Gasteiger charge is -2.15. The van der Waals surface area contributed by atoms with Crippen molar-refractivity contribution in [2.75, 3.05) is 13.2 Å². The van der Waals surface area contributed by atoms with Gasteiger partial charge in [0, 0.05) is 5.56 Å². The number of hydrogen-bond acceptors (Lipinski definition) is 3. The minimum atomic E-state index is 0.523. The van der Waals surface area contributed by atoms with Gasteiger partial charge in [-0.25, -0.2) is 0 Å². The number of aldehydes is 1. The van der Waals surface area contributed by atoms with Gasteiger partial charge >= 0.3 is 0 Å². The lowest BCUT2D eigenvalue weighted by Crippen LogP contribution is -2.09. The van der Waals surface area contributed by atoms with Crippen molar-refractivity contribution in [1.29, 1.82) is 0 Å². The zero-order valence-corrected chi connectivity index (χ0v) is 11.4. The Hall–Kier alpha value is -1.51. The molecular formula is C15H22O3. The largest absolute Gasteiger partial charge is 0.490 e. The molecule has 0 amide bonds. The van der Waals surface area contributed by atoms with Gasteiger partial charge in [0.2, 0.25) is 0 Å². The Labute approximate surface area is 109 Å². The molecule has 0 aliphatic rings. The Kier molecular flexibility index (Phi) is 6.26. The molecule has 0 heterocycles. The summed E-state index contributed by atoms with van der Waals surface area (Å²) in [4.78, 5) is 10.7. The van der Waals surface area contributed by atoms with Crippen molar-refractivity contribution < 1.29 is 14.3 Å². The molecular weight excluding hydrogens is 228 g/mol. The minimum Gasteiger partial charge on any atom is -0.490 e. The Morgan fingerprint density at radius 2 is 2.00 bits per heavy atom. The van der Waals surface area contributed by atoms with Crippen LogP contribution in [0.1, 0.15) is 44.0 Å². The molecule has 0 aromatic heterocycles. The summed E-state index contributed by atoms with van der Waals surface area (Å²) in [5.74, 6) is 1.88. The van der Waals surface area contributed by atoms with Gasteiger partial charge in [0.25, 0.3) is 0 Å². The van der Waals surface area contributed by atoms with Crippen molar-refractivity contribution in [3.63, 3.8) is 0 Å². The highest BCUT2D eigenvalue weighted by molar-refractivity contribution is 5.76. The molecule has 0 saturated carbocycles. The van der Waals surface area contributed by atoms with E-state index in [1.54, 1.807) is 18.2 Å². The molecule has 0 fully saturated rings. The van der Waals surface area contributed by atoms with E-state index in [0.29, 0.717) is 36.2 Å². The standard InChI is InChI=1S/C15H22O3/c1-4-6-12(3)11-18-14-8-7-13(10-16)9-15(14)17-5-2/h7-10,12H,4-6,11H2,1-3H3. The van der Waals surface area contributed by atoms with Gasteiger partial charge in [0.1, 0.15) is 6.29 Å². The molecule has 1 unspecified atom stereocenters. The number of benzene rings is 1. The molecule has 0 N–H and O–H groups in total. The Balaban J connectivity index is 2.71. The maximum atomic E-state index is 10.7. The average molecular weight is 250 g/mol. The molecule has 3 nitrogen and oxygen atoms in total. The molecule has 0 aliphatic carbocycles. The highest BCUT2D eigenvalue weighted by Crippen LogP contribution is 2.28. The smallest absolute Gasteiger partial charge is 0.161 e. The van der Waals surface area contributed by atoms with Crippen LogP contribution < -0.4 is 9.47 Å². The fourth-order valence-corrected chi connectivity index (χ4v) is 1.79. The fourth-order valence-electron chi connectivity index (χ4n) is 1.79. The van der Waals surface area contributed by atoms with Crippen LogP contribution >= 0.6 is 0 Å². The molecule has 0 radical (unpaired) electrons. The summed E-state index contributed by atoms with van der Waals surface area (Å²) in [5, 5.41) is 0. The summed E-state index contributed by atoms with van der Waals surface area (Å²) in [6.07, 6.45) is 3.12. The van der Waals surface area contributed by atoms with E-state index in [4.69, 9.17) is 9.47 Å². The molecule has 1 aromatic rings. The normalized spacial score (nSPS) is 11.9. The third-order valence-corrected chi connectivity index (χ3v) is 2.71. The van der Waals surface area contributed by atoms with Crippen LogP contribution in [0.3, 0.4) is 0 Å². The fraction of sp³-hybridized carbons (Fsp3) is 0.533. The van der Waals surface area contributed by atoms with Gasteiger partial charge < -0.3 is 9.47 Å². The first kappa shape index (κ1) is 14.6. The first-order valence-corrected chi connectivity index (χ1v) is 6.56. The second-order valence-corrected chi connectivity index (χ2v) is 4.46. The second kappa shape index (κ2) is 7.75. The summed E-state index contributed by atoms with van der Waals surface area (Å²) in [6.45, 7) is 7.49. The quantitative estimate of drug-likeness (QED) is 0.660. The first-order valence-electron chi connectivity index (χ1n) is 6.56. The molecule has 1 atom stereocenters. The van der Waals surface area contributed by atoms with E-state index in [2.05, 4.69) is 13.8 Å². The first-order chi connectivity index (χ1) is 8.71. The number of carbonyl (C=O) groups is 1. The molecule has 1 aromatic carbocycles. The van der Waals surface area contributed by atoms with E-state index in [0.717, 1.165) is 19.1 Å². The third-order valence-electron chi connectivity index (χ3n) is 2.71. The lowest BCUT2D eigenvalue weighted by molar-refractivity contribution is 0.112. The van der Waals surface area contributed by atoms with Crippen molar-refractivity contribution in [3.8, 4) is 11.5 Å². The SMILES string of the molecule is CCCC(C)COc1ccc(C=O)cc1OCC. The van der Waals surface area contributed by atoms with Crippen LogP contribution in [0.15, 0.2) is 18.2 Å². The summed E-state index contributed by atoms with van der Waals surface area (Å²) in [6, 6.07) is 5.26. The van der Waals surface area contributed by atoms with Crippen LogP contribution in [-0.4, -0.2) is 19.5 Å². The van der Waals surface area contributed by atoms with Crippen molar-refractivity contribution >= 4 is 6.29 Å². The highest BCUT2D eigenvalue weighted by Gasteiger charge is 2.08. The van der Waals surface area contributed by atoms with Crippen LogP contribution in [0.4, 0.5) is 0 Å². The van der Waals surface area contributed by atoms with Gasteiger partial charge in [-0.05, 0) is 37.5 Å². The molecule has 100 valence electrons. The van der Waals surface area contributed by atoms with Crippen molar-refractivity contribution in [2.45, 2.75) is 33.6 Å². The zero-order chi connectivity index (χ0) is 13.4. The van der Waals surface area contributed by atoms with Gasteiger partial charge in [0.05, 0.1) is 13.2 Å². The Morgan fingerprint density at radius 3 is 2.61 bits per heavy atom. The van der Waals surface area contributed by atoms with Gasteiger partial charge in [0.15, 0.2) is 11.5 Å². The topological polar surface area (TPSA) is 35.5 Å². The van der Waals surface area contributed by atoms with Crippen LogP contribution in [0.2, 0.25) is 0 Å². The number of rotatable bonds is 8. The van der Waals surface area contributed by atoms with Gasteiger partial charge in [-0.1, -0.05) is 20.3 Å². The van der Waals surface area contributed by atoms with Crippen molar-refractivity contribution in [2.24, 2.45) is 5.92 Å². The minimum absolute atomic E-state index is 0.523. The van der Waals surface area contributed by atoms with Gasteiger partial charge in [-0.2, -0.15) is 0 Å². The predicted octanol–water partition coefficient (Wildman–Crippen LogP) is 3.71.